The Morgan fingerprint density at radius 2 is 1.52 bits per heavy atom. The van der Waals surface area contributed by atoms with E-state index in [9.17, 15) is 0 Å². The average Bonchev–Trinajstić information content (AvgIpc) is 3.62. The van der Waals surface area contributed by atoms with Crippen LogP contribution in [-0.4, -0.2) is 18.0 Å². The number of rotatable bonds is 4. The molecule has 3 aromatic heterocycles. The number of aryl methyl sites for hydroxylation is 1. The Balaban J connectivity index is 0.000000278. The molecule has 287 valence electrons. The van der Waals surface area contributed by atoms with Gasteiger partial charge in [0.1, 0.15) is 5.58 Å². The first-order valence-corrected chi connectivity index (χ1v) is 22.7. The normalized spacial score (nSPS) is 16.4. The third-order valence-electron chi connectivity index (χ3n) is 11.7. The summed E-state index contributed by atoms with van der Waals surface area (Å²) in [7, 11) is -1.23. The van der Waals surface area contributed by atoms with Gasteiger partial charge in [-0.1, -0.05) is 121 Å². The van der Waals surface area contributed by atoms with Crippen LogP contribution in [-0.2, 0) is 37.3 Å². The van der Waals surface area contributed by atoms with E-state index in [0.717, 1.165) is 38.4 Å². The molecule has 0 atom stereocenters. The van der Waals surface area contributed by atoms with Gasteiger partial charge in [0, 0.05) is 44.7 Å². The average molecular weight is 934 g/mol. The second-order valence-corrected chi connectivity index (χ2v) is 23.2. The van der Waals surface area contributed by atoms with Gasteiger partial charge in [-0.05, 0) is 102 Å². The minimum atomic E-state index is -2.51. The molecule has 0 bridgehead atoms. The van der Waals surface area contributed by atoms with Crippen molar-refractivity contribution < 1.29 is 31.4 Å². The molecule has 0 saturated carbocycles. The third kappa shape index (κ3) is 6.86. The van der Waals surface area contributed by atoms with E-state index in [1.54, 1.807) is 26.8 Å². The van der Waals surface area contributed by atoms with E-state index in [0.29, 0.717) is 16.8 Å². The molecule has 0 saturated heterocycles. The van der Waals surface area contributed by atoms with Crippen molar-refractivity contribution in [2.45, 2.75) is 92.2 Å². The summed E-state index contributed by atoms with van der Waals surface area (Å²) in [5.41, 5.74) is 6.25. The summed E-state index contributed by atoms with van der Waals surface area (Å²) in [6.07, 6.45) is 1.37. The predicted octanol–water partition coefficient (Wildman–Crippen LogP) is 13.3. The van der Waals surface area contributed by atoms with Crippen molar-refractivity contribution in [2.24, 2.45) is 5.41 Å². The standard InChI is InChI=1S/C37H36NO.C14H16NSi.Ir/c1-21-20-38-31(17-23(21)19-35(2,3)4)26-13-9-12-25-28-15-22-16-30-33-24(27(22)18-32(28)39-34(25)26)11-10-14-29(33)36(5,6)37(30,7)8;1-16(2,3)13-9-10-14(15-11-13)12-7-5-4-6-8-12;/h9-12,14-18,20H,19H2,1-8H3;4-7,9-11H,1-3H3;/q2*-1;/i1D3,19D2;;. The first kappa shape index (κ1) is 33.7. The summed E-state index contributed by atoms with van der Waals surface area (Å²) in [6, 6.07) is 37.4. The zero-order valence-corrected chi connectivity index (χ0v) is 37.3. The van der Waals surface area contributed by atoms with E-state index in [1.807, 2.05) is 42.6 Å². The van der Waals surface area contributed by atoms with Gasteiger partial charge in [0.2, 0.25) is 0 Å². The Morgan fingerprint density at radius 1 is 0.750 bits per heavy atom. The quantitative estimate of drug-likeness (QED) is 0.100. The van der Waals surface area contributed by atoms with Gasteiger partial charge in [-0.15, -0.1) is 54.1 Å². The number of hydrogen-bond donors (Lipinski definition) is 0. The van der Waals surface area contributed by atoms with E-state index in [-0.39, 0.29) is 42.1 Å². The molecule has 0 aliphatic heterocycles. The largest absolute Gasteiger partial charge is 0.501 e. The fourth-order valence-electron chi connectivity index (χ4n) is 7.98. The van der Waals surface area contributed by atoms with Gasteiger partial charge in [0.05, 0.1) is 13.7 Å². The molecule has 0 unspecified atom stereocenters. The van der Waals surface area contributed by atoms with Crippen molar-refractivity contribution in [1.29, 1.82) is 0 Å². The number of hydrogen-bond acceptors (Lipinski definition) is 3. The van der Waals surface area contributed by atoms with Crippen LogP contribution in [0.15, 0.2) is 108 Å². The molecule has 1 aliphatic rings. The second-order valence-electron chi connectivity index (χ2n) is 18.1. The van der Waals surface area contributed by atoms with Crippen LogP contribution in [0.5, 0.6) is 0 Å². The van der Waals surface area contributed by atoms with E-state index < -0.39 is 26.7 Å². The Bertz CT molecular complexity index is 2960. The molecule has 1 aliphatic carbocycles. The number of fused-ring (bicyclic) bond motifs is 5. The summed E-state index contributed by atoms with van der Waals surface area (Å²) in [5.74, 6) is 0. The number of furan rings is 1. The predicted molar refractivity (Wildman–Crippen MR) is 236 cm³/mol. The van der Waals surface area contributed by atoms with E-state index >= 15 is 0 Å². The van der Waals surface area contributed by atoms with Crippen molar-refractivity contribution in [2.75, 3.05) is 0 Å². The maximum absolute atomic E-state index is 8.94. The van der Waals surface area contributed by atoms with Gasteiger partial charge in [0.15, 0.2) is 0 Å². The van der Waals surface area contributed by atoms with Crippen LogP contribution < -0.4 is 5.19 Å². The summed E-state index contributed by atoms with van der Waals surface area (Å²) in [5, 5.41) is 8.12. The molecule has 3 heterocycles. The van der Waals surface area contributed by atoms with E-state index in [4.69, 9.17) is 11.3 Å². The van der Waals surface area contributed by atoms with Crippen LogP contribution in [0.3, 0.4) is 0 Å². The molecule has 0 fully saturated rings. The molecule has 9 rings (SSSR count). The number of benzene rings is 5. The van der Waals surface area contributed by atoms with Crippen molar-refractivity contribution in [3.05, 3.63) is 138 Å². The fourth-order valence-corrected chi connectivity index (χ4v) is 9.01. The van der Waals surface area contributed by atoms with Crippen LogP contribution in [0.2, 0.25) is 19.6 Å². The molecule has 0 spiro atoms. The third-order valence-corrected chi connectivity index (χ3v) is 13.7. The SMILES string of the molecule is C[Si](C)(C)c1ccc(-c2[c-]cccc2)nc1.[2H]C([2H])([2H])c1cnc(-c2[c-]ccc3c2oc2cc4c(cc5c6c(cccc64)C(C)(C)C5(C)C)cc23)cc1C([2H])([2H])C(C)(C)C.[Ir]. The first-order valence-electron chi connectivity index (χ1n) is 21.7. The molecule has 1 radical (unpaired) electrons. The molecule has 56 heavy (non-hydrogen) atoms. The Kier molecular flexibility index (Phi) is 8.55. The van der Waals surface area contributed by atoms with E-state index in [2.05, 4.69) is 118 Å². The molecule has 5 heteroatoms. The van der Waals surface area contributed by atoms with Gasteiger partial charge >= 0.3 is 0 Å². The summed E-state index contributed by atoms with van der Waals surface area (Å²) >= 11 is 0. The summed E-state index contributed by atoms with van der Waals surface area (Å²) in [4.78, 5) is 9.05. The Morgan fingerprint density at radius 3 is 2.20 bits per heavy atom. The molecule has 0 amide bonds. The maximum atomic E-state index is 8.94. The Labute approximate surface area is 354 Å². The summed E-state index contributed by atoms with van der Waals surface area (Å²) in [6.45, 7) is 19.1. The second kappa shape index (κ2) is 14.2. The van der Waals surface area contributed by atoms with Crippen molar-refractivity contribution in [3.8, 4) is 22.5 Å². The van der Waals surface area contributed by atoms with Crippen LogP contribution >= 0.6 is 0 Å². The molecular weight excluding hydrogens is 877 g/mol. The van der Waals surface area contributed by atoms with Crippen LogP contribution in [0.4, 0.5) is 0 Å². The Hall–Kier alpha value is -4.41. The van der Waals surface area contributed by atoms with Gasteiger partial charge in [-0.3, -0.25) is 0 Å². The van der Waals surface area contributed by atoms with Gasteiger partial charge < -0.3 is 14.4 Å². The van der Waals surface area contributed by atoms with Crippen LogP contribution in [0.1, 0.15) is 77.6 Å². The first-order chi connectivity index (χ1) is 27.9. The van der Waals surface area contributed by atoms with Gasteiger partial charge in [-0.2, -0.15) is 0 Å². The van der Waals surface area contributed by atoms with Gasteiger partial charge in [-0.25, -0.2) is 0 Å². The maximum Gasteiger partial charge on any atom is 0.121 e. The van der Waals surface area contributed by atoms with Crippen molar-refractivity contribution in [3.63, 3.8) is 0 Å². The zero-order valence-electron chi connectivity index (χ0n) is 39.0. The molecular formula is C51H52IrN2OSi-2. The molecule has 8 aromatic rings. The number of aromatic nitrogens is 2. The number of nitrogens with zero attached hydrogens (tertiary/aromatic N) is 2. The van der Waals surface area contributed by atoms with Gasteiger partial charge in [0.25, 0.3) is 0 Å². The minimum Gasteiger partial charge on any atom is -0.501 e. The zero-order chi connectivity index (χ0) is 43.4. The van der Waals surface area contributed by atoms with Crippen molar-refractivity contribution >= 4 is 56.7 Å². The topological polar surface area (TPSA) is 38.9 Å². The molecule has 5 aromatic carbocycles. The minimum absolute atomic E-state index is 0. The van der Waals surface area contributed by atoms with Crippen LogP contribution in [0.25, 0.3) is 66.0 Å². The smallest absolute Gasteiger partial charge is 0.121 e. The number of pyridine rings is 2. The summed E-state index contributed by atoms with van der Waals surface area (Å²) < 4.78 is 48.7. The molecule has 3 nitrogen and oxygen atoms in total. The van der Waals surface area contributed by atoms with E-state index in [1.165, 1.54) is 33.3 Å². The van der Waals surface area contributed by atoms with Crippen molar-refractivity contribution in [1.82, 2.24) is 9.97 Å². The van der Waals surface area contributed by atoms with Crippen LogP contribution in [0, 0.1) is 24.4 Å². The fraction of sp³-hybridized carbons (Fsp3) is 0.294. The molecule has 0 N–H and O–H groups in total. The monoisotopic (exact) mass is 934 g/mol.